The van der Waals surface area contributed by atoms with E-state index in [0.29, 0.717) is 0 Å². The van der Waals surface area contributed by atoms with Gasteiger partial charge in [-0.1, -0.05) is 60.7 Å². The first kappa shape index (κ1) is 27.9. The molecule has 0 saturated heterocycles. The van der Waals surface area contributed by atoms with Crippen molar-refractivity contribution in [1.82, 2.24) is 10.2 Å². The van der Waals surface area contributed by atoms with Crippen molar-refractivity contribution in [2.45, 2.75) is 50.7 Å². The van der Waals surface area contributed by atoms with Crippen molar-refractivity contribution in [2.24, 2.45) is 0 Å². The Morgan fingerprint density at radius 1 is 0.892 bits per heavy atom. The van der Waals surface area contributed by atoms with Gasteiger partial charge in [0, 0.05) is 12.1 Å². The number of sulfonamides is 1. The second kappa shape index (κ2) is 11.6. The molecule has 3 rings (SSSR count). The van der Waals surface area contributed by atoms with Crippen LogP contribution in [0.25, 0.3) is 0 Å². The summed E-state index contributed by atoms with van der Waals surface area (Å²) in [5.41, 5.74) is -0.0383. The molecule has 0 radical (unpaired) electrons. The van der Waals surface area contributed by atoms with E-state index in [4.69, 9.17) is 0 Å². The van der Waals surface area contributed by atoms with Crippen LogP contribution in [-0.4, -0.2) is 43.3 Å². The molecule has 0 aliphatic carbocycles. The average molecular weight is 526 g/mol. The summed E-state index contributed by atoms with van der Waals surface area (Å²) in [6.07, 6.45) is 0. The van der Waals surface area contributed by atoms with Crippen LogP contribution in [0.15, 0.2) is 89.8 Å². The van der Waals surface area contributed by atoms with E-state index in [1.54, 1.807) is 25.1 Å². The summed E-state index contributed by atoms with van der Waals surface area (Å²) in [6.45, 7) is 6.43. The number of amides is 2. The van der Waals surface area contributed by atoms with E-state index in [-0.39, 0.29) is 23.0 Å². The number of hydrogen-bond donors (Lipinski definition) is 1. The molecular weight excluding hydrogens is 493 g/mol. The third-order valence-corrected chi connectivity index (χ3v) is 7.37. The maximum absolute atomic E-state index is 14.9. The summed E-state index contributed by atoms with van der Waals surface area (Å²) in [5.74, 6) is -1.83. The van der Waals surface area contributed by atoms with E-state index in [0.717, 1.165) is 15.9 Å². The van der Waals surface area contributed by atoms with Gasteiger partial charge in [-0.25, -0.2) is 12.8 Å². The molecule has 9 heteroatoms. The SMILES string of the molecule is CC(C(=O)NC(C)(C)C)N(Cc1ccccc1)C(=O)CN(c1ccccc1F)S(=O)(=O)c1ccccc1. The molecular formula is C28H32FN3O4S. The number of benzene rings is 3. The number of para-hydroxylation sites is 1. The molecule has 0 saturated carbocycles. The molecule has 0 bridgehead atoms. The molecule has 37 heavy (non-hydrogen) atoms. The molecule has 0 aliphatic rings. The lowest BCUT2D eigenvalue weighted by Crippen LogP contribution is -2.54. The highest BCUT2D eigenvalue weighted by Crippen LogP contribution is 2.27. The molecule has 3 aromatic carbocycles. The molecule has 1 N–H and O–H groups in total. The van der Waals surface area contributed by atoms with Crippen molar-refractivity contribution in [3.8, 4) is 0 Å². The van der Waals surface area contributed by atoms with Gasteiger partial charge >= 0.3 is 0 Å². The second-order valence-electron chi connectivity index (χ2n) is 9.70. The van der Waals surface area contributed by atoms with Crippen molar-refractivity contribution >= 4 is 27.5 Å². The Bertz CT molecular complexity index is 1330. The monoisotopic (exact) mass is 525 g/mol. The van der Waals surface area contributed by atoms with Crippen LogP contribution in [-0.2, 0) is 26.2 Å². The first-order chi connectivity index (χ1) is 17.4. The number of nitrogens with zero attached hydrogens (tertiary/aromatic N) is 2. The Morgan fingerprint density at radius 3 is 2.00 bits per heavy atom. The van der Waals surface area contributed by atoms with Crippen LogP contribution in [0.1, 0.15) is 33.3 Å². The van der Waals surface area contributed by atoms with E-state index in [1.165, 1.54) is 35.2 Å². The van der Waals surface area contributed by atoms with Crippen molar-refractivity contribution in [3.63, 3.8) is 0 Å². The van der Waals surface area contributed by atoms with Gasteiger partial charge in [-0.15, -0.1) is 0 Å². The fraction of sp³-hybridized carbons (Fsp3) is 0.286. The van der Waals surface area contributed by atoms with Crippen LogP contribution in [0.3, 0.4) is 0 Å². The maximum Gasteiger partial charge on any atom is 0.264 e. The fourth-order valence-corrected chi connectivity index (χ4v) is 5.17. The maximum atomic E-state index is 14.9. The largest absolute Gasteiger partial charge is 0.350 e. The van der Waals surface area contributed by atoms with Gasteiger partial charge in [0.1, 0.15) is 18.4 Å². The zero-order valence-electron chi connectivity index (χ0n) is 21.4. The first-order valence-corrected chi connectivity index (χ1v) is 13.3. The zero-order chi connectivity index (χ0) is 27.2. The highest BCUT2D eigenvalue weighted by atomic mass is 32.2. The van der Waals surface area contributed by atoms with Gasteiger partial charge < -0.3 is 10.2 Å². The van der Waals surface area contributed by atoms with Crippen LogP contribution in [0.2, 0.25) is 0 Å². The van der Waals surface area contributed by atoms with Crippen LogP contribution >= 0.6 is 0 Å². The third-order valence-electron chi connectivity index (χ3n) is 5.59. The smallest absolute Gasteiger partial charge is 0.264 e. The Morgan fingerprint density at radius 2 is 1.43 bits per heavy atom. The summed E-state index contributed by atoms with van der Waals surface area (Å²) in [4.78, 5) is 28.0. The van der Waals surface area contributed by atoms with Gasteiger partial charge in [-0.2, -0.15) is 0 Å². The summed E-state index contributed by atoms with van der Waals surface area (Å²) < 4.78 is 42.8. The third kappa shape index (κ3) is 7.16. The van der Waals surface area contributed by atoms with Crippen molar-refractivity contribution in [1.29, 1.82) is 0 Å². The highest BCUT2D eigenvalue weighted by Gasteiger charge is 2.34. The Kier molecular flexibility index (Phi) is 8.70. The molecule has 1 atom stereocenters. The Labute approximate surface area is 218 Å². The van der Waals surface area contributed by atoms with Gasteiger partial charge in [0.15, 0.2) is 0 Å². The van der Waals surface area contributed by atoms with E-state index < -0.39 is 39.9 Å². The molecule has 0 spiro atoms. The predicted molar refractivity (Wildman–Crippen MR) is 142 cm³/mol. The van der Waals surface area contributed by atoms with Crippen LogP contribution < -0.4 is 9.62 Å². The van der Waals surface area contributed by atoms with Gasteiger partial charge in [0.2, 0.25) is 11.8 Å². The lowest BCUT2D eigenvalue weighted by Gasteiger charge is -2.33. The Hall–Kier alpha value is -3.72. The number of halogens is 1. The molecule has 2 amide bonds. The molecule has 7 nitrogen and oxygen atoms in total. The molecule has 196 valence electrons. The summed E-state index contributed by atoms with van der Waals surface area (Å²) in [7, 11) is -4.31. The van der Waals surface area contributed by atoms with Gasteiger partial charge in [-0.05, 0) is 57.5 Å². The van der Waals surface area contributed by atoms with E-state index >= 15 is 0 Å². The molecule has 1 unspecified atom stereocenters. The van der Waals surface area contributed by atoms with Crippen molar-refractivity contribution in [2.75, 3.05) is 10.8 Å². The standard InChI is InChI=1S/C28H32FN3O4S/c1-21(27(34)30-28(2,3)4)31(19-22-13-7-5-8-14-22)26(33)20-32(25-18-12-11-17-24(25)29)37(35,36)23-15-9-6-10-16-23/h5-18,21H,19-20H2,1-4H3,(H,30,34). The van der Waals surface area contributed by atoms with E-state index in [1.807, 2.05) is 51.1 Å². The average Bonchev–Trinajstić information content (AvgIpc) is 2.86. The van der Waals surface area contributed by atoms with E-state index in [2.05, 4.69) is 5.32 Å². The Balaban J connectivity index is 2.02. The van der Waals surface area contributed by atoms with Gasteiger partial charge in [0.05, 0.1) is 10.6 Å². The molecule has 0 aromatic heterocycles. The number of carbonyl (C=O) groups is 2. The lowest BCUT2D eigenvalue weighted by molar-refractivity contribution is -0.140. The number of nitrogens with one attached hydrogen (secondary N) is 1. The second-order valence-corrected chi connectivity index (χ2v) is 11.6. The van der Waals surface area contributed by atoms with Crippen molar-refractivity contribution < 1.29 is 22.4 Å². The molecule has 0 aliphatic heterocycles. The molecule has 3 aromatic rings. The quantitative estimate of drug-likeness (QED) is 0.450. The van der Waals surface area contributed by atoms with Crippen LogP contribution in [0.5, 0.6) is 0 Å². The van der Waals surface area contributed by atoms with Crippen molar-refractivity contribution in [3.05, 3.63) is 96.3 Å². The predicted octanol–water partition coefficient (Wildman–Crippen LogP) is 4.35. The number of hydrogen-bond acceptors (Lipinski definition) is 4. The molecule has 0 heterocycles. The number of rotatable bonds is 9. The van der Waals surface area contributed by atoms with Gasteiger partial charge in [-0.3, -0.25) is 13.9 Å². The number of carbonyl (C=O) groups excluding carboxylic acids is 2. The van der Waals surface area contributed by atoms with E-state index in [9.17, 15) is 22.4 Å². The summed E-state index contributed by atoms with van der Waals surface area (Å²) in [6, 6.07) is 21.1. The minimum Gasteiger partial charge on any atom is -0.350 e. The number of anilines is 1. The first-order valence-electron chi connectivity index (χ1n) is 11.9. The summed E-state index contributed by atoms with van der Waals surface area (Å²) in [5, 5.41) is 2.87. The zero-order valence-corrected chi connectivity index (χ0v) is 22.2. The molecule has 0 fully saturated rings. The minimum atomic E-state index is -4.31. The lowest BCUT2D eigenvalue weighted by atomic mass is 10.1. The van der Waals surface area contributed by atoms with Crippen LogP contribution in [0, 0.1) is 5.82 Å². The fourth-order valence-electron chi connectivity index (χ4n) is 3.72. The topological polar surface area (TPSA) is 86.8 Å². The van der Waals surface area contributed by atoms with Gasteiger partial charge in [0.25, 0.3) is 10.0 Å². The normalized spacial score (nSPS) is 12.5. The highest BCUT2D eigenvalue weighted by molar-refractivity contribution is 7.92. The minimum absolute atomic E-state index is 0.0644. The summed E-state index contributed by atoms with van der Waals surface area (Å²) >= 11 is 0. The van der Waals surface area contributed by atoms with Crippen LogP contribution in [0.4, 0.5) is 10.1 Å².